The maximum Gasteiger partial charge on any atom is 0.214 e. The SMILES string of the molecule is CC=CC1(N)CCN(S(=O)(=O)CCc2c(C)cc(NC)cc2C)CC1. The number of aryl methyl sites for hydroxylation is 2. The van der Waals surface area contributed by atoms with Crippen molar-refractivity contribution in [2.45, 2.75) is 45.6 Å². The van der Waals surface area contributed by atoms with E-state index in [1.165, 1.54) is 0 Å². The summed E-state index contributed by atoms with van der Waals surface area (Å²) in [5.41, 5.74) is 10.4. The van der Waals surface area contributed by atoms with E-state index in [-0.39, 0.29) is 11.3 Å². The molecule has 0 atom stereocenters. The molecule has 1 saturated heterocycles. The van der Waals surface area contributed by atoms with Crippen molar-refractivity contribution in [3.05, 3.63) is 41.0 Å². The number of allylic oxidation sites excluding steroid dienone is 1. The largest absolute Gasteiger partial charge is 0.388 e. The van der Waals surface area contributed by atoms with E-state index >= 15 is 0 Å². The molecule has 1 fully saturated rings. The fourth-order valence-electron chi connectivity index (χ4n) is 3.57. The van der Waals surface area contributed by atoms with E-state index in [1.54, 1.807) is 4.31 Å². The molecule has 0 radical (unpaired) electrons. The molecule has 1 aliphatic rings. The number of rotatable bonds is 6. The summed E-state index contributed by atoms with van der Waals surface area (Å²) in [4.78, 5) is 0. The average molecular weight is 366 g/mol. The summed E-state index contributed by atoms with van der Waals surface area (Å²) in [7, 11) is -1.37. The van der Waals surface area contributed by atoms with Crippen LogP contribution in [0.5, 0.6) is 0 Å². The molecule has 0 spiro atoms. The first-order valence-electron chi connectivity index (χ1n) is 8.89. The number of sulfonamides is 1. The first-order valence-corrected chi connectivity index (χ1v) is 10.5. The van der Waals surface area contributed by atoms with Crippen molar-refractivity contribution in [2.24, 2.45) is 5.73 Å². The third kappa shape index (κ3) is 4.84. The van der Waals surface area contributed by atoms with Gasteiger partial charge in [-0.1, -0.05) is 12.2 Å². The number of anilines is 1. The van der Waals surface area contributed by atoms with Crippen LogP contribution in [0.3, 0.4) is 0 Å². The molecular formula is C19H31N3O2S. The van der Waals surface area contributed by atoms with E-state index in [4.69, 9.17) is 5.73 Å². The lowest BCUT2D eigenvalue weighted by atomic mass is 9.89. The summed E-state index contributed by atoms with van der Waals surface area (Å²) in [6, 6.07) is 4.13. The molecule has 5 nitrogen and oxygen atoms in total. The number of benzene rings is 1. The van der Waals surface area contributed by atoms with Crippen LogP contribution >= 0.6 is 0 Å². The molecule has 1 aromatic rings. The van der Waals surface area contributed by atoms with Crippen LogP contribution < -0.4 is 11.1 Å². The van der Waals surface area contributed by atoms with Crippen molar-refractivity contribution in [3.8, 4) is 0 Å². The van der Waals surface area contributed by atoms with Gasteiger partial charge in [0.05, 0.1) is 5.75 Å². The summed E-state index contributed by atoms with van der Waals surface area (Å²) in [6.07, 6.45) is 5.83. The number of nitrogens with two attached hydrogens (primary N) is 1. The number of hydrogen-bond donors (Lipinski definition) is 2. The fraction of sp³-hybridized carbons (Fsp3) is 0.579. The molecule has 0 aromatic heterocycles. The summed E-state index contributed by atoms with van der Waals surface area (Å²) < 4.78 is 27.1. The summed E-state index contributed by atoms with van der Waals surface area (Å²) >= 11 is 0. The van der Waals surface area contributed by atoms with Gasteiger partial charge >= 0.3 is 0 Å². The molecule has 0 saturated carbocycles. The maximum atomic E-state index is 12.7. The van der Waals surface area contributed by atoms with Crippen molar-refractivity contribution in [1.29, 1.82) is 0 Å². The third-order valence-corrected chi connectivity index (χ3v) is 7.01. The Morgan fingerprint density at radius 1 is 1.24 bits per heavy atom. The summed E-state index contributed by atoms with van der Waals surface area (Å²) in [5, 5.41) is 3.13. The average Bonchev–Trinajstić information content (AvgIpc) is 2.54. The van der Waals surface area contributed by atoms with Crippen LogP contribution in [0.4, 0.5) is 5.69 Å². The van der Waals surface area contributed by atoms with Crippen molar-refractivity contribution in [1.82, 2.24) is 4.31 Å². The van der Waals surface area contributed by atoms with E-state index in [2.05, 4.69) is 17.4 Å². The number of hydrogen-bond acceptors (Lipinski definition) is 4. The molecule has 2 rings (SSSR count). The highest BCUT2D eigenvalue weighted by molar-refractivity contribution is 7.89. The van der Waals surface area contributed by atoms with Gasteiger partial charge in [0.1, 0.15) is 0 Å². The van der Waals surface area contributed by atoms with Crippen LogP contribution in [0.25, 0.3) is 0 Å². The van der Waals surface area contributed by atoms with Crippen LogP contribution in [-0.4, -0.2) is 44.2 Å². The van der Waals surface area contributed by atoms with Crippen LogP contribution in [0.2, 0.25) is 0 Å². The Balaban J connectivity index is 2.04. The summed E-state index contributed by atoms with van der Waals surface area (Å²) in [5.74, 6) is 0.148. The Bertz CT molecular complexity index is 710. The lowest BCUT2D eigenvalue weighted by Gasteiger charge is -2.36. The minimum Gasteiger partial charge on any atom is -0.388 e. The van der Waals surface area contributed by atoms with E-state index in [1.807, 2.05) is 40.0 Å². The van der Waals surface area contributed by atoms with Crippen LogP contribution in [0, 0.1) is 13.8 Å². The van der Waals surface area contributed by atoms with Crippen LogP contribution in [0.1, 0.15) is 36.5 Å². The molecule has 3 N–H and O–H groups in total. The second-order valence-corrected chi connectivity index (χ2v) is 9.13. The predicted molar refractivity (Wildman–Crippen MR) is 105 cm³/mol. The Labute approximate surface area is 152 Å². The monoisotopic (exact) mass is 365 g/mol. The molecule has 0 aliphatic carbocycles. The van der Waals surface area contributed by atoms with Gasteiger partial charge in [-0.2, -0.15) is 0 Å². The van der Waals surface area contributed by atoms with Crippen molar-refractivity contribution in [2.75, 3.05) is 31.2 Å². The minimum absolute atomic E-state index is 0.148. The van der Waals surface area contributed by atoms with E-state index in [0.29, 0.717) is 32.4 Å². The Hall–Kier alpha value is -1.37. The Morgan fingerprint density at radius 3 is 2.28 bits per heavy atom. The quantitative estimate of drug-likeness (QED) is 0.760. The second-order valence-electron chi connectivity index (χ2n) is 7.04. The Kier molecular flexibility index (Phi) is 6.30. The van der Waals surface area contributed by atoms with Gasteiger partial charge in [-0.25, -0.2) is 12.7 Å². The Morgan fingerprint density at radius 2 is 1.80 bits per heavy atom. The minimum atomic E-state index is -3.26. The van der Waals surface area contributed by atoms with Gasteiger partial charge < -0.3 is 11.1 Å². The van der Waals surface area contributed by atoms with Gasteiger partial charge in [-0.3, -0.25) is 0 Å². The fourth-order valence-corrected chi connectivity index (χ4v) is 5.03. The molecule has 1 heterocycles. The first kappa shape index (κ1) is 19.9. The number of nitrogens with zero attached hydrogens (tertiary/aromatic N) is 1. The summed E-state index contributed by atoms with van der Waals surface area (Å²) in [6.45, 7) is 7.02. The standard InChI is InChI=1S/C19H31N3O2S/c1-5-7-19(20)8-10-22(11-9-19)25(23,24)12-6-18-15(2)13-17(21-4)14-16(18)3/h5,7,13-14,21H,6,8-12,20H2,1-4H3. The normalized spacial score (nSPS) is 18.6. The van der Waals surface area contributed by atoms with Gasteiger partial charge in [0.15, 0.2) is 0 Å². The molecule has 0 bridgehead atoms. The topological polar surface area (TPSA) is 75.4 Å². The number of piperidine rings is 1. The molecule has 25 heavy (non-hydrogen) atoms. The first-order chi connectivity index (χ1) is 11.7. The zero-order valence-electron chi connectivity index (χ0n) is 15.8. The second kappa shape index (κ2) is 7.89. The highest BCUT2D eigenvalue weighted by Crippen LogP contribution is 2.25. The lowest BCUT2D eigenvalue weighted by Crippen LogP contribution is -2.51. The highest BCUT2D eigenvalue weighted by atomic mass is 32.2. The maximum absolute atomic E-state index is 12.7. The molecule has 0 unspecified atom stereocenters. The molecule has 0 amide bonds. The lowest BCUT2D eigenvalue weighted by molar-refractivity contribution is 0.274. The molecule has 140 valence electrons. The molecule has 6 heteroatoms. The van der Waals surface area contributed by atoms with Crippen molar-refractivity contribution in [3.63, 3.8) is 0 Å². The zero-order chi connectivity index (χ0) is 18.7. The van der Waals surface area contributed by atoms with E-state index < -0.39 is 10.0 Å². The van der Waals surface area contributed by atoms with Gasteiger partial charge in [-0.15, -0.1) is 0 Å². The molecule has 1 aromatic carbocycles. The third-order valence-electron chi connectivity index (χ3n) is 5.14. The zero-order valence-corrected chi connectivity index (χ0v) is 16.6. The van der Waals surface area contributed by atoms with Gasteiger partial charge in [-0.05, 0) is 68.9 Å². The van der Waals surface area contributed by atoms with Gasteiger partial charge in [0, 0.05) is 31.4 Å². The van der Waals surface area contributed by atoms with E-state index in [9.17, 15) is 8.42 Å². The smallest absolute Gasteiger partial charge is 0.214 e. The predicted octanol–water partition coefficient (Wildman–Crippen LogP) is 2.59. The van der Waals surface area contributed by atoms with Crippen LogP contribution in [-0.2, 0) is 16.4 Å². The van der Waals surface area contributed by atoms with Crippen molar-refractivity contribution < 1.29 is 8.42 Å². The van der Waals surface area contributed by atoms with Crippen LogP contribution in [0.15, 0.2) is 24.3 Å². The highest BCUT2D eigenvalue weighted by Gasteiger charge is 2.33. The van der Waals surface area contributed by atoms with E-state index in [0.717, 1.165) is 22.4 Å². The van der Waals surface area contributed by atoms with Gasteiger partial charge in [0.2, 0.25) is 10.0 Å². The van der Waals surface area contributed by atoms with Crippen molar-refractivity contribution >= 4 is 15.7 Å². The molecular weight excluding hydrogens is 334 g/mol. The molecule has 1 aliphatic heterocycles. The number of nitrogens with one attached hydrogen (secondary N) is 1. The van der Waals surface area contributed by atoms with Gasteiger partial charge in [0.25, 0.3) is 0 Å².